The Labute approximate surface area is 269 Å². The third-order valence-corrected chi connectivity index (χ3v) is 9.04. The number of nitro groups is 1. The highest BCUT2D eigenvalue weighted by atomic mass is 32.2. The number of hydrogen-bond donors (Lipinski definition) is 1. The van der Waals surface area contributed by atoms with Crippen LogP contribution in [0.5, 0.6) is 0 Å². The van der Waals surface area contributed by atoms with Crippen molar-refractivity contribution in [1.82, 2.24) is 19.5 Å². The number of fused-ring (bicyclic) bond motifs is 1. The third kappa shape index (κ3) is 9.22. The zero-order valence-corrected chi connectivity index (χ0v) is 28.1. The fourth-order valence-corrected chi connectivity index (χ4v) is 5.71. The zero-order valence-electron chi connectivity index (χ0n) is 26.4. The van der Waals surface area contributed by atoms with Crippen LogP contribution in [0.3, 0.4) is 0 Å². The predicted octanol–water partition coefficient (Wildman–Crippen LogP) is 5.29. The Hall–Kier alpha value is -3.63. The average molecular weight is 681 g/mol. The van der Waals surface area contributed by atoms with Crippen molar-refractivity contribution in [2.24, 2.45) is 10.8 Å². The lowest BCUT2D eigenvalue weighted by molar-refractivity contribution is -0.384. The van der Waals surface area contributed by atoms with Crippen molar-refractivity contribution >= 4 is 54.1 Å². The van der Waals surface area contributed by atoms with Crippen molar-refractivity contribution in [3.8, 4) is 0 Å². The number of nitrogens with zero attached hydrogens (tertiary/aromatic N) is 5. The molecule has 0 amide bonds. The summed E-state index contributed by atoms with van der Waals surface area (Å²) < 4.78 is 42.4. The molecule has 46 heavy (non-hydrogen) atoms. The first kappa shape index (κ1) is 35.2. The van der Waals surface area contributed by atoms with Crippen molar-refractivity contribution in [2.45, 2.75) is 76.5 Å². The van der Waals surface area contributed by atoms with Crippen molar-refractivity contribution in [3.63, 3.8) is 0 Å². The van der Waals surface area contributed by atoms with Gasteiger partial charge < -0.3 is 24.5 Å². The second-order valence-electron chi connectivity index (χ2n) is 12.7. The molecule has 0 unspecified atom stereocenters. The monoisotopic (exact) mass is 680 g/mol. The van der Waals surface area contributed by atoms with E-state index in [2.05, 4.69) is 15.0 Å². The summed E-state index contributed by atoms with van der Waals surface area (Å²) in [5.41, 5.74) is 4.48. The number of imidazole rings is 1. The highest BCUT2D eigenvalue weighted by molar-refractivity contribution is 7.99. The number of non-ortho nitro benzene ring substituents is 1. The van der Waals surface area contributed by atoms with Gasteiger partial charge in [0, 0.05) is 17.0 Å². The number of esters is 2. The summed E-state index contributed by atoms with van der Waals surface area (Å²) in [6.45, 7) is 8.91. The third-order valence-electron chi connectivity index (χ3n) is 6.61. The van der Waals surface area contributed by atoms with Gasteiger partial charge in [0.25, 0.3) is 5.69 Å². The van der Waals surface area contributed by atoms with Gasteiger partial charge in [-0.3, -0.25) is 33.3 Å². The number of aromatic nitrogens is 4. The fourth-order valence-electron chi connectivity index (χ4n) is 3.75. The van der Waals surface area contributed by atoms with Gasteiger partial charge in [-0.25, -0.2) is 9.97 Å². The molecule has 1 saturated carbocycles. The van der Waals surface area contributed by atoms with Crippen LogP contribution in [0.4, 0.5) is 11.6 Å². The van der Waals surface area contributed by atoms with Crippen LogP contribution in [-0.2, 0) is 44.0 Å². The van der Waals surface area contributed by atoms with Crippen LogP contribution >= 0.6 is 19.4 Å². The van der Waals surface area contributed by atoms with Gasteiger partial charge in [-0.15, -0.1) is 0 Å². The van der Waals surface area contributed by atoms with E-state index in [0.717, 1.165) is 0 Å². The first-order chi connectivity index (χ1) is 21.4. The molecule has 0 bridgehead atoms. The molecule has 16 nitrogen and oxygen atoms in total. The molecule has 3 aromatic rings. The number of nitrogens with two attached hydrogens (primary N) is 1. The van der Waals surface area contributed by atoms with E-state index in [1.807, 2.05) is 0 Å². The van der Waals surface area contributed by atoms with Gasteiger partial charge in [0.2, 0.25) is 19.5 Å². The van der Waals surface area contributed by atoms with Gasteiger partial charge in [0.05, 0.1) is 34.2 Å². The highest BCUT2D eigenvalue weighted by Gasteiger charge is 2.47. The van der Waals surface area contributed by atoms with E-state index < -0.39 is 60.8 Å². The van der Waals surface area contributed by atoms with Gasteiger partial charge in [-0.05, 0) is 66.5 Å². The number of ether oxygens (including phenoxy) is 3. The Morgan fingerprint density at radius 1 is 1.02 bits per heavy atom. The second-order valence-corrected chi connectivity index (χ2v) is 15.8. The molecule has 0 aliphatic heterocycles. The van der Waals surface area contributed by atoms with Crippen LogP contribution in [0.15, 0.2) is 40.5 Å². The molecule has 0 radical (unpaired) electrons. The number of hydrogen-bond acceptors (Lipinski definition) is 15. The molecule has 1 aliphatic rings. The molecular weight excluding hydrogens is 643 g/mol. The lowest BCUT2D eigenvalue weighted by atomic mass is 9.98. The Morgan fingerprint density at radius 2 is 1.59 bits per heavy atom. The molecule has 1 aliphatic carbocycles. The number of anilines is 1. The number of carbonyl (C=O) groups excluding carboxylic acids is 2. The first-order valence-corrected chi connectivity index (χ1v) is 16.7. The molecule has 2 aromatic heterocycles. The minimum atomic E-state index is -4.09. The first-order valence-electron chi connectivity index (χ1n) is 14.2. The quantitative estimate of drug-likeness (QED) is 0.0572. The number of benzene rings is 1. The number of carbonyl (C=O) groups is 2. The molecular formula is C28H37N6O10PS. The highest BCUT2D eigenvalue weighted by Crippen LogP contribution is 2.52. The summed E-state index contributed by atoms with van der Waals surface area (Å²) in [5.74, 6) is -1.14. The van der Waals surface area contributed by atoms with Crippen LogP contribution in [-0.4, -0.2) is 61.9 Å². The maximum atomic E-state index is 13.6. The maximum absolute atomic E-state index is 13.6. The van der Waals surface area contributed by atoms with Crippen molar-refractivity contribution in [1.29, 1.82) is 0 Å². The van der Waals surface area contributed by atoms with Crippen molar-refractivity contribution in [2.75, 3.05) is 25.7 Å². The topological polar surface area (TPSA) is 210 Å². The summed E-state index contributed by atoms with van der Waals surface area (Å²) in [5, 5.41) is 11.5. The SMILES string of the molecule is CC(C)(C)C(=O)OCOP(=O)(COC1(Cn2cnc3c(Sc4ccc([N+](=O)[O-])cc4)nc(N)nc32)CC1)OCOC(=O)C(C)(C)C. The van der Waals surface area contributed by atoms with E-state index >= 15 is 0 Å². The molecule has 4 rings (SSSR count). The van der Waals surface area contributed by atoms with Crippen molar-refractivity contribution < 1.29 is 42.3 Å². The standard InChI is InChI=1S/C28H37N6O10PS/c1-26(2,3)23(35)40-15-43-45(39,44-16-41-24(36)27(4,5)6)17-42-28(11-12-28)13-33-14-30-20-21(33)31-25(29)32-22(20)46-19-9-7-18(8-10-19)34(37)38/h7-10,14H,11-13,15-17H2,1-6H3,(H2,29,31,32). The van der Waals surface area contributed by atoms with E-state index in [1.54, 1.807) is 64.6 Å². The van der Waals surface area contributed by atoms with E-state index in [1.165, 1.54) is 23.9 Å². The number of nitrogen functional groups attached to an aromatic ring is 1. The van der Waals surface area contributed by atoms with Gasteiger partial charge in [0.15, 0.2) is 5.65 Å². The summed E-state index contributed by atoms with van der Waals surface area (Å²) in [7, 11) is -4.09. The summed E-state index contributed by atoms with van der Waals surface area (Å²) in [6.07, 6.45) is 2.26. The molecule has 0 saturated heterocycles. The van der Waals surface area contributed by atoms with Crippen LogP contribution < -0.4 is 5.73 Å². The summed E-state index contributed by atoms with van der Waals surface area (Å²) in [4.78, 5) is 48.7. The largest absolute Gasteiger partial charge is 0.438 e. The lowest BCUT2D eigenvalue weighted by Crippen LogP contribution is -2.26. The normalized spacial score (nSPS) is 14.7. The molecule has 0 spiro atoms. The van der Waals surface area contributed by atoms with Crippen LogP contribution in [0.1, 0.15) is 54.4 Å². The molecule has 18 heteroatoms. The zero-order chi connectivity index (χ0) is 33.9. The minimum Gasteiger partial charge on any atom is -0.438 e. The van der Waals surface area contributed by atoms with E-state index in [0.29, 0.717) is 33.9 Å². The molecule has 2 heterocycles. The lowest BCUT2D eigenvalue weighted by Gasteiger charge is -2.24. The molecule has 2 N–H and O–H groups in total. The molecule has 1 fully saturated rings. The summed E-state index contributed by atoms with van der Waals surface area (Å²) >= 11 is 1.23. The molecule has 0 atom stereocenters. The van der Waals surface area contributed by atoms with E-state index in [4.69, 9.17) is 29.0 Å². The van der Waals surface area contributed by atoms with Gasteiger partial charge in [-0.2, -0.15) is 4.98 Å². The summed E-state index contributed by atoms with van der Waals surface area (Å²) in [6, 6.07) is 6.00. The van der Waals surface area contributed by atoms with E-state index in [-0.39, 0.29) is 18.2 Å². The Balaban J connectivity index is 1.46. The van der Waals surface area contributed by atoms with Gasteiger partial charge in [0.1, 0.15) is 16.9 Å². The Morgan fingerprint density at radius 3 is 2.09 bits per heavy atom. The Bertz CT molecular complexity index is 1610. The van der Waals surface area contributed by atoms with Gasteiger partial charge in [-0.1, -0.05) is 11.8 Å². The van der Waals surface area contributed by atoms with Crippen LogP contribution in [0, 0.1) is 20.9 Å². The second kappa shape index (κ2) is 13.6. The number of rotatable bonds is 14. The van der Waals surface area contributed by atoms with Crippen LogP contribution in [0.2, 0.25) is 0 Å². The fraction of sp³-hybridized carbons (Fsp3) is 0.536. The predicted molar refractivity (Wildman–Crippen MR) is 165 cm³/mol. The molecule has 1 aromatic carbocycles. The maximum Gasteiger partial charge on any atom is 0.361 e. The smallest absolute Gasteiger partial charge is 0.361 e. The average Bonchev–Trinajstić information content (AvgIpc) is 3.62. The number of nitro benzene ring substituents is 1. The Kier molecular flexibility index (Phi) is 10.4. The van der Waals surface area contributed by atoms with Gasteiger partial charge >= 0.3 is 19.5 Å². The van der Waals surface area contributed by atoms with E-state index in [9.17, 15) is 24.3 Å². The molecule has 250 valence electrons. The van der Waals surface area contributed by atoms with Crippen LogP contribution in [0.25, 0.3) is 11.2 Å². The van der Waals surface area contributed by atoms with Crippen molar-refractivity contribution in [3.05, 3.63) is 40.7 Å². The minimum absolute atomic E-state index is 0.00494.